The molecule has 6 heteroatoms. The summed E-state index contributed by atoms with van der Waals surface area (Å²) in [5.74, 6) is 3.04. The maximum Gasteiger partial charge on any atom is 0.222 e. The van der Waals surface area contributed by atoms with Crippen LogP contribution in [0.4, 0.5) is 0 Å². The van der Waals surface area contributed by atoms with Crippen LogP contribution in [0.3, 0.4) is 0 Å². The summed E-state index contributed by atoms with van der Waals surface area (Å²) in [7, 11) is 0. The zero-order chi connectivity index (χ0) is 21.4. The van der Waals surface area contributed by atoms with Gasteiger partial charge in [-0.3, -0.25) is 9.59 Å². The Hall–Kier alpha value is -1.58. The minimum Gasteiger partial charge on any atom is -0.390 e. The number of rotatable bonds is 16. The summed E-state index contributed by atoms with van der Waals surface area (Å²) in [4.78, 5) is 26.3. The maximum absolute atomic E-state index is 12.3. The van der Waals surface area contributed by atoms with Gasteiger partial charge >= 0.3 is 0 Å². The molecule has 0 unspecified atom stereocenters. The van der Waals surface area contributed by atoms with Crippen LogP contribution in [0, 0.1) is 18.3 Å². The fourth-order valence-corrected chi connectivity index (χ4v) is 2.93. The van der Waals surface area contributed by atoms with E-state index in [9.17, 15) is 14.7 Å². The number of carbonyl (C=O) groups is 2. The predicted molar refractivity (Wildman–Crippen MR) is 115 cm³/mol. The molecule has 0 heterocycles. The number of hydrogen-bond acceptors (Lipinski definition) is 4. The highest BCUT2D eigenvalue weighted by atomic mass is 16.3. The van der Waals surface area contributed by atoms with Gasteiger partial charge in [-0.25, -0.2) is 0 Å². The van der Waals surface area contributed by atoms with Crippen LogP contribution >= 0.6 is 0 Å². The first-order valence-corrected chi connectivity index (χ1v) is 10.7. The number of nitrogens with one attached hydrogen (secondary N) is 2. The summed E-state index contributed by atoms with van der Waals surface area (Å²) < 4.78 is 0. The molecule has 162 valence electrons. The average Bonchev–Trinajstić information content (AvgIpc) is 2.64. The smallest absolute Gasteiger partial charge is 0.222 e. The molecule has 0 spiro atoms. The Morgan fingerprint density at radius 2 is 1.79 bits per heavy atom. The van der Waals surface area contributed by atoms with Crippen molar-refractivity contribution < 1.29 is 14.7 Å². The SMILES string of the molecule is C#CC[C@H](NC(=O)CCCC(=O)N(CCC)CCC)[C@H](O)CNCCC(C)C. The second kappa shape index (κ2) is 16.4. The van der Waals surface area contributed by atoms with E-state index >= 15 is 0 Å². The number of nitrogens with zero attached hydrogens (tertiary/aromatic N) is 1. The number of terminal acetylenes is 1. The third kappa shape index (κ3) is 12.7. The number of carbonyl (C=O) groups excluding carboxylic acids is 2. The van der Waals surface area contributed by atoms with Gasteiger partial charge in [0.25, 0.3) is 0 Å². The number of amides is 2. The molecule has 2 atom stereocenters. The minimum absolute atomic E-state index is 0.103. The molecule has 0 fully saturated rings. The minimum atomic E-state index is -0.738. The first-order chi connectivity index (χ1) is 13.3. The van der Waals surface area contributed by atoms with Gasteiger partial charge in [0.1, 0.15) is 0 Å². The van der Waals surface area contributed by atoms with Gasteiger partial charge in [-0.15, -0.1) is 12.3 Å². The van der Waals surface area contributed by atoms with E-state index < -0.39 is 12.1 Å². The summed E-state index contributed by atoms with van der Waals surface area (Å²) >= 11 is 0. The van der Waals surface area contributed by atoms with Crippen molar-refractivity contribution in [2.45, 2.75) is 84.8 Å². The first kappa shape index (κ1) is 26.4. The fraction of sp³-hybridized carbons (Fsp3) is 0.818. The Bertz CT molecular complexity index is 468. The highest BCUT2D eigenvalue weighted by molar-refractivity contribution is 5.79. The average molecular weight is 396 g/mol. The molecule has 0 aromatic carbocycles. The highest BCUT2D eigenvalue weighted by Gasteiger charge is 2.20. The molecule has 0 rings (SSSR count). The summed E-state index contributed by atoms with van der Waals surface area (Å²) in [6, 6.07) is -0.476. The van der Waals surface area contributed by atoms with Crippen LogP contribution in [0.2, 0.25) is 0 Å². The van der Waals surface area contributed by atoms with Gasteiger partial charge in [0.15, 0.2) is 0 Å². The lowest BCUT2D eigenvalue weighted by atomic mass is 10.1. The molecule has 3 N–H and O–H groups in total. The van der Waals surface area contributed by atoms with Crippen molar-refractivity contribution in [3.8, 4) is 12.3 Å². The number of hydrogen-bond donors (Lipinski definition) is 3. The van der Waals surface area contributed by atoms with E-state index in [0.717, 1.165) is 38.9 Å². The molecule has 28 heavy (non-hydrogen) atoms. The molecule has 0 saturated heterocycles. The van der Waals surface area contributed by atoms with Crippen molar-refractivity contribution in [3.63, 3.8) is 0 Å². The zero-order valence-electron chi connectivity index (χ0n) is 18.3. The quantitative estimate of drug-likeness (QED) is 0.277. The Labute approximate surface area is 171 Å². The normalized spacial score (nSPS) is 13.0. The van der Waals surface area contributed by atoms with Crippen LogP contribution in [0.25, 0.3) is 0 Å². The number of aliphatic hydroxyl groups excluding tert-OH is 1. The zero-order valence-corrected chi connectivity index (χ0v) is 18.3. The van der Waals surface area contributed by atoms with Gasteiger partial charge < -0.3 is 20.6 Å². The third-order valence-electron chi connectivity index (χ3n) is 4.53. The Morgan fingerprint density at radius 1 is 1.14 bits per heavy atom. The van der Waals surface area contributed by atoms with Crippen LogP contribution in [-0.2, 0) is 9.59 Å². The van der Waals surface area contributed by atoms with Crippen molar-refractivity contribution in [3.05, 3.63) is 0 Å². The molecule has 0 radical (unpaired) electrons. The van der Waals surface area contributed by atoms with E-state index in [0.29, 0.717) is 25.3 Å². The van der Waals surface area contributed by atoms with E-state index in [2.05, 4.69) is 44.2 Å². The van der Waals surface area contributed by atoms with E-state index in [-0.39, 0.29) is 24.7 Å². The molecule has 0 aliphatic heterocycles. The van der Waals surface area contributed by atoms with Crippen molar-refractivity contribution in [2.75, 3.05) is 26.2 Å². The third-order valence-corrected chi connectivity index (χ3v) is 4.53. The molecule has 0 aliphatic rings. The van der Waals surface area contributed by atoms with Gasteiger partial charge in [0.05, 0.1) is 12.1 Å². The molecule has 2 amide bonds. The predicted octanol–water partition coefficient (Wildman–Crippen LogP) is 2.31. The summed E-state index contributed by atoms with van der Waals surface area (Å²) in [5, 5.41) is 16.4. The van der Waals surface area contributed by atoms with Gasteiger partial charge in [0.2, 0.25) is 11.8 Å². The molecule has 0 aromatic rings. The lowest BCUT2D eigenvalue weighted by Gasteiger charge is -2.23. The van der Waals surface area contributed by atoms with Gasteiger partial charge in [-0.2, -0.15) is 0 Å². The van der Waals surface area contributed by atoms with Gasteiger partial charge in [-0.05, 0) is 38.1 Å². The van der Waals surface area contributed by atoms with E-state index in [1.165, 1.54) is 0 Å². The van der Waals surface area contributed by atoms with E-state index in [1.807, 2.05) is 4.90 Å². The number of aliphatic hydroxyl groups is 1. The van der Waals surface area contributed by atoms with E-state index in [1.54, 1.807) is 0 Å². The summed E-state index contributed by atoms with van der Waals surface area (Å²) in [6.45, 7) is 11.1. The van der Waals surface area contributed by atoms with Crippen molar-refractivity contribution in [2.24, 2.45) is 5.92 Å². The van der Waals surface area contributed by atoms with Gasteiger partial charge in [-0.1, -0.05) is 27.7 Å². The molecule has 0 saturated carbocycles. The van der Waals surface area contributed by atoms with Crippen LogP contribution in [0.1, 0.15) is 72.6 Å². The van der Waals surface area contributed by atoms with Crippen LogP contribution in [0.15, 0.2) is 0 Å². The molecular weight excluding hydrogens is 354 g/mol. The molecule has 6 nitrogen and oxygen atoms in total. The lowest BCUT2D eigenvalue weighted by Crippen LogP contribution is -2.47. The van der Waals surface area contributed by atoms with Gasteiger partial charge in [0, 0.05) is 38.9 Å². The summed E-state index contributed by atoms with van der Waals surface area (Å²) in [6.07, 6.45) is 8.94. The summed E-state index contributed by atoms with van der Waals surface area (Å²) in [5.41, 5.74) is 0. The highest BCUT2D eigenvalue weighted by Crippen LogP contribution is 2.05. The van der Waals surface area contributed by atoms with Crippen molar-refractivity contribution >= 4 is 11.8 Å². The van der Waals surface area contributed by atoms with Crippen LogP contribution in [-0.4, -0.2) is 60.1 Å². The van der Waals surface area contributed by atoms with Crippen molar-refractivity contribution in [1.29, 1.82) is 0 Å². The standard InChI is InChI=1S/C22H41N3O3/c1-6-10-19(20(26)17-23-14-13-18(4)5)24-21(27)11-9-12-22(28)25(15-7-2)16-8-3/h1,18-20,23,26H,7-17H2,2-5H3,(H,24,27)/t19-,20+/m0/s1. The Balaban J connectivity index is 4.31. The van der Waals surface area contributed by atoms with Crippen molar-refractivity contribution in [1.82, 2.24) is 15.5 Å². The lowest BCUT2D eigenvalue weighted by molar-refractivity contribution is -0.131. The van der Waals surface area contributed by atoms with Crippen LogP contribution < -0.4 is 10.6 Å². The molecular formula is C22H41N3O3. The molecule has 0 aliphatic carbocycles. The monoisotopic (exact) mass is 395 g/mol. The van der Waals surface area contributed by atoms with Crippen LogP contribution in [0.5, 0.6) is 0 Å². The fourth-order valence-electron chi connectivity index (χ4n) is 2.93. The Morgan fingerprint density at radius 3 is 2.32 bits per heavy atom. The largest absolute Gasteiger partial charge is 0.390 e. The second-order valence-electron chi connectivity index (χ2n) is 7.77. The second-order valence-corrected chi connectivity index (χ2v) is 7.77. The molecule has 0 aromatic heterocycles. The van der Waals surface area contributed by atoms with E-state index in [4.69, 9.17) is 6.42 Å². The maximum atomic E-state index is 12.3. The first-order valence-electron chi connectivity index (χ1n) is 10.7. The topological polar surface area (TPSA) is 81.7 Å². The Kier molecular flexibility index (Phi) is 15.5. The molecule has 0 bridgehead atoms.